The summed E-state index contributed by atoms with van der Waals surface area (Å²) in [7, 11) is 0. The van der Waals surface area contributed by atoms with Gasteiger partial charge < -0.3 is 16.8 Å². The van der Waals surface area contributed by atoms with Gasteiger partial charge in [-0.2, -0.15) is 4.98 Å². The second-order valence-electron chi connectivity index (χ2n) is 5.73. The molecule has 1 aromatic heterocycles. The second-order valence-corrected chi connectivity index (χ2v) is 6.78. The van der Waals surface area contributed by atoms with Crippen LogP contribution >= 0.6 is 35.8 Å². The lowest BCUT2D eigenvalue weighted by molar-refractivity contribution is 1.09. The number of nitrogens with one attached hydrogen (secondary N) is 1. The SMILES string of the molecule is N/C(=C\S)c1ccc(CNc2cc(-c3cccc(Cl)c3Cl)nc(N)n2)cc1. The number of rotatable bonds is 5. The molecule has 0 saturated carbocycles. The van der Waals surface area contributed by atoms with E-state index in [2.05, 4.69) is 27.9 Å². The van der Waals surface area contributed by atoms with E-state index >= 15 is 0 Å². The van der Waals surface area contributed by atoms with Crippen LogP contribution in [0.2, 0.25) is 10.0 Å². The van der Waals surface area contributed by atoms with Gasteiger partial charge in [0.15, 0.2) is 0 Å². The molecular formula is C19H17Cl2N5S. The highest BCUT2D eigenvalue weighted by Gasteiger charge is 2.11. The van der Waals surface area contributed by atoms with Crippen LogP contribution in [0.15, 0.2) is 53.9 Å². The van der Waals surface area contributed by atoms with Gasteiger partial charge in [-0.3, -0.25) is 0 Å². The van der Waals surface area contributed by atoms with E-state index in [4.69, 9.17) is 34.7 Å². The topological polar surface area (TPSA) is 89.8 Å². The number of halogens is 2. The maximum atomic E-state index is 6.28. The van der Waals surface area contributed by atoms with Crippen molar-refractivity contribution in [1.29, 1.82) is 0 Å². The molecule has 0 aliphatic rings. The molecule has 0 spiro atoms. The van der Waals surface area contributed by atoms with E-state index < -0.39 is 0 Å². The summed E-state index contributed by atoms with van der Waals surface area (Å²) in [5.74, 6) is 0.737. The Morgan fingerprint density at radius 2 is 1.85 bits per heavy atom. The van der Waals surface area contributed by atoms with Gasteiger partial charge in [0, 0.05) is 23.9 Å². The molecule has 1 heterocycles. The summed E-state index contributed by atoms with van der Waals surface area (Å²) in [5.41, 5.74) is 15.6. The summed E-state index contributed by atoms with van der Waals surface area (Å²) in [6.07, 6.45) is 0. The summed E-state index contributed by atoms with van der Waals surface area (Å²) in [5, 5.41) is 5.69. The number of anilines is 2. The Labute approximate surface area is 172 Å². The summed E-state index contributed by atoms with van der Waals surface area (Å²) >= 11 is 16.4. The van der Waals surface area contributed by atoms with E-state index in [9.17, 15) is 0 Å². The molecule has 3 rings (SSSR count). The first kappa shape index (κ1) is 19.4. The van der Waals surface area contributed by atoms with Crippen LogP contribution in [-0.4, -0.2) is 9.97 Å². The smallest absolute Gasteiger partial charge is 0.222 e. The van der Waals surface area contributed by atoms with E-state index in [1.807, 2.05) is 36.4 Å². The highest BCUT2D eigenvalue weighted by molar-refractivity contribution is 7.83. The molecule has 0 unspecified atom stereocenters. The maximum absolute atomic E-state index is 6.28. The number of nitrogens with two attached hydrogens (primary N) is 2. The molecule has 138 valence electrons. The molecule has 0 bridgehead atoms. The monoisotopic (exact) mass is 417 g/mol. The van der Waals surface area contributed by atoms with Crippen LogP contribution in [-0.2, 0) is 6.54 Å². The first-order valence-corrected chi connectivity index (χ1v) is 9.27. The highest BCUT2D eigenvalue weighted by Crippen LogP contribution is 2.33. The lowest BCUT2D eigenvalue weighted by Gasteiger charge is -2.10. The second kappa shape index (κ2) is 8.52. The normalized spacial score (nSPS) is 11.4. The van der Waals surface area contributed by atoms with Crippen molar-refractivity contribution in [2.75, 3.05) is 11.1 Å². The molecule has 0 radical (unpaired) electrons. The molecule has 0 saturated heterocycles. The highest BCUT2D eigenvalue weighted by atomic mass is 35.5. The Morgan fingerprint density at radius 1 is 1.11 bits per heavy atom. The fraction of sp³-hybridized carbons (Fsp3) is 0.0526. The average Bonchev–Trinajstić information content (AvgIpc) is 2.68. The average molecular weight is 418 g/mol. The van der Waals surface area contributed by atoms with Crippen molar-refractivity contribution in [3.63, 3.8) is 0 Å². The predicted octanol–water partition coefficient (Wildman–Crippen LogP) is 4.83. The Hall–Kier alpha value is -2.41. The van der Waals surface area contributed by atoms with Gasteiger partial charge in [0.2, 0.25) is 5.95 Å². The number of nitrogen functional groups attached to an aromatic ring is 1. The lowest BCUT2D eigenvalue weighted by atomic mass is 10.1. The Bertz CT molecular complexity index is 990. The summed E-state index contributed by atoms with van der Waals surface area (Å²) < 4.78 is 0. The standard InChI is InChI=1S/C19H17Cl2N5S/c20-14-3-1-2-13(18(14)21)16-8-17(26-19(23)25-16)24-9-11-4-6-12(7-5-11)15(22)10-27/h1-8,10,27H,9,22H2,(H3,23,24,25,26)/b15-10-. The van der Waals surface area contributed by atoms with E-state index in [1.54, 1.807) is 17.5 Å². The minimum absolute atomic E-state index is 0.146. The minimum Gasteiger partial charge on any atom is -0.398 e. The number of benzene rings is 2. The largest absolute Gasteiger partial charge is 0.398 e. The third-order valence-electron chi connectivity index (χ3n) is 3.87. The molecular weight excluding hydrogens is 401 g/mol. The van der Waals surface area contributed by atoms with Crippen LogP contribution in [0, 0.1) is 0 Å². The number of hydrogen-bond acceptors (Lipinski definition) is 6. The lowest BCUT2D eigenvalue weighted by Crippen LogP contribution is -2.05. The van der Waals surface area contributed by atoms with Crippen molar-refractivity contribution in [3.8, 4) is 11.3 Å². The molecule has 0 aliphatic carbocycles. The van der Waals surface area contributed by atoms with Gasteiger partial charge >= 0.3 is 0 Å². The molecule has 27 heavy (non-hydrogen) atoms. The number of aromatic nitrogens is 2. The summed E-state index contributed by atoms with van der Waals surface area (Å²) in [4.78, 5) is 8.48. The Morgan fingerprint density at radius 3 is 2.56 bits per heavy atom. The number of nitrogens with zero attached hydrogens (tertiary/aromatic N) is 2. The summed E-state index contributed by atoms with van der Waals surface area (Å²) in [6.45, 7) is 0.559. The van der Waals surface area contributed by atoms with Crippen molar-refractivity contribution in [2.24, 2.45) is 5.73 Å². The maximum Gasteiger partial charge on any atom is 0.222 e. The van der Waals surface area contributed by atoms with E-state index in [0.717, 1.165) is 11.1 Å². The zero-order chi connectivity index (χ0) is 19.4. The predicted molar refractivity (Wildman–Crippen MR) is 117 cm³/mol. The van der Waals surface area contributed by atoms with Gasteiger partial charge in [-0.05, 0) is 22.6 Å². The van der Waals surface area contributed by atoms with Crippen LogP contribution in [0.3, 0.4) is 0 Å². The van der Waals surface area contributed by atoms with E-state index in [-0.39, 0.29) is 5.95 Å². The quantitative estimate of drug-likeness (QED) is 0.446. The summed E-state index contributed by atoms with van der Waals surface area (Å²) in [6, 6.07) is 15.0. The molecule has 3 aromatic rings. The van der Waals surface area contributed by atoms with Crippen molar-refractivity contribution < 1.29 is 0 Å². The Kier molecular flexibility index (Phi) is 6.11. The molecule has 0 aliphatic heterocycles. The van der Waals surface area contributed by atoms with E-state index in [0.29, 0.717) is 39.4 Å². The van der Waals surface area contributed by atoms with Gasteiger partial charge in [-0.15, -0.1) is 12.6 Å². The van der Waals surface area contributed by atoms with Crippen LogP contribution < -0.4 is 16.8 Å². The third-order valence-corrected chi connectivity index (χ3v) is 4.97. The third kappa shape index (κ3) is 4.66. The van der Waals surface area contributed by atoms with Gasteiger partial charge in [0.1, 0.15) is 5.82 Å². The van der Waals surface area contributed by atoms with Crippen molar-refractivity contribution in [2.45, 2.75) is 6.54 Å². The molecule has 0 atom stereocenters. The van der Waals surface area contributed by atoms with Gasteiger partial charge in [0.25, 0.3) is 0 Å². The zero-order valence-corrected chi connectivity index (χ0v) is 16.6. The molecule has 5 nitrogen and oxygen atoms in total. The van der Waals surface area contributed by atoms with Crippen LogP contribution in [0.1, 0.15) is 11.1 Å². The van der Waals surface area contributed by atoms with Crippen LogP contribution in [0.25, 0.3) is 17.0 Å². The van der Waals surface area contributed by atoms with Crippen LogP contribution in [0.4, 0.5) is 11.8 Å². The van der Waals surface area contributed by atoms with Gasteiger partial charge in [-0.1, -0.05) is 59.6 Å². The minimum atomic E-state index is 0.146. The van der Waals surface area contributed by atoms with Crippen LogP contribution in [0.5, 0.6) is 0 Å². The van der Waals surface area contributed by atoms with E-state index in [1.165, 1.54) is 0 Å². The molecule has 8 heteroatoms. The fourth-order valence-electron chi connectivity index (χ4n) is 2.48. The zero-order valence-electron chi connectivity index (χ0n) is 14.2. The molecule has 0 amide bonds. The molecule has 0 fully saturated rings. The van der Waals surface area contributed by atoms with Crippen molar-refractivity contribution in [1.82, 2.24) is 9.97 Å². The number of hydrogen-bond donors (Lipinski definition) is 4. The van der Waals surface area contributed by atoms with Crippen molar-refractivity contribution >= 4 is 53.3 Å². The van der Waals surface area contributed by atoms with Gasteiger partial charge in [-0.25, -0.2) is 4.98 Å². The van der Waals surface area contributed by atoms with Gasteiger partial charge in [0.05, 0.1) is 15.7 Å². The first-order valence-electron chi connectivity index (χ1n) is 8.00. The fourth-order valence-corrected chi connectivity index (χ4v) is 3.02. The number of thiol groups is 1. The molecule has 5 N–H and O–H groups in total. The van der Waals surface area contributed by atoms with Crippen molar-refractivity contribution in [3.05, 3.63) is 75.1 Å². The Balaban J connectivity index is 1.80. The first-order chi connectivity index (χ1) is 13.0. The molecule has 2 aromatic carbocycles.